The highest BCUT2D eigenvalue weighted by Crippen LogP contribution is 2.13. The normalized spacial score (nSPS) is 10.5. The first-order valence-electron chi connectivity index (χ1n) is 3.88. The minimum atomic E-state index is -0.728. The molecule has 0 aliphatic rings. The molecule has 0 saturated heterocycles. The molecule has 0 fully saturated rings. The summed E-state index contributed by atoms with van der Waals surface area (Å²) >= 11 is 16.4. The van der Waals surface area contributed by atoms with E-state index in [0.29, 0.717) is 0 Å². The van der Waals surface area contributed by atoms with Gasteiger partial charge in [-0.2, -0.15) is 0 Å². The molecule has 0 aliphatic carbocycles. The van der Waals surface area contributed by atoms with E-state index in [0.717, 1.165) is 12.3 Å². The van der Waals surface area contributed by atoms with Crippen molar-refractivity contribution in [1.82, 2.24) is 10.3 Å². The summed E-state index contributed by atoms with van der Waals surface area (Å²) in [6.07, 6.45) is 0.922. The van der Waals surface area contributed by atoms with Crippen molar-refractivity contribution >= 4 is 40.7 Å². The van der Waals surface area contributed by atoms with E-state index in [4.69, 9.17) is 34.8 Å². The van der Waals surface area contributed by atoms with Gasteiger partial charge in [-0.1, -0.05) is 11.6 Å². The van der Waals surface area contributed by atoms with Crippen LogP contribution in [0.2, 0.25) is 5.15 Å². The molecule has 0 atom stereocenters. The second-order valence-electron chi connectivity index (χ2n) is 2.59. The molecule has 1 amide bonds. The average Bonchev–Trinajstić information content (AvgIpc) is 2.18. The van der Waals surface area contributed by atoms with E-state index in [-0.39, 0.29) is 17.3 Å². The summed E-state index contributed by atoms with van der Waals surface area (Å²) in [5.41, 5.74) is -0.0503. The van der Waals surface area contributed by atoms with Gasteiger partial charge in [0.05, 0.1) is 11.8 Å². The number of halogens is 4. The number of hydrogen-bond donors (Lipinski definition) is 1. The minimum Gasteiger partial charge on any atom is -0.349 e. The van der Waals surface area contributed by atoms with Gasteiger partial charge in [-0.05, 0) is 6.07 Å². The second kappa shape index (κ2) is 5.49. The summed E-state index contributed by atoms with van der Waals surface area (Å²) < 4.78 is 12.8. The molecule has 1 heterocycles. The highest BCUT2D eigenvalue weighted by atomic mass is 35.5. The Morgan fingerprint density at radius 2 is 2.27 bits per heavy atom. The molecule has 0 spiro atoms. The van der Waals surface area contributed by atoms with Crippen molar-refractivity contribution in [3.05, 3.63) is 28.8 Å². The Balaban J connectivity index is 2.77. The largest absolute Gasteiger partial charge is 0.349 e. The predicted molar refractivity (Wildman–Crippen MR) is 57.0 cm³/mol. The molecular formula is C8H6Cl3FN2O. The van der Waals surface area contributed by atoms with E-state index < -0.39 is 16.6 Å². The number of pyridine rings is 1. The van der Waals surface area contributed by atoms with Crippen LogP contribution in [0.5, 0.6) is 0 Å². The lowest BCUT2D eigenvalue weighted by atomic mass is 10.2. The van der Waals surface area contributed by atoms with Crippen LogP contribution in [0.25, 0.3) is 0 Å². The summed E-state index contributed by atoms with van der Waals surface area (Å²) in [5.74, 6) is -1.21. The van der Waals surface area contributed by atoms with Crippen LogP contribution in [-0.4, -0.2) is 22.3 Å². The van der Waals surface area contributed by atoms with Crippen LogP contribution in [0.1, 0.15) is 10.4 Å². The van der Waals surface area contributed by atoms with Crippen LogP contribution in [0, 0.1) is 5.82 Å². The van der Waals surface area contributed by atoms with Gasteiger partial charge in [-0.15, -0.1) is 23.2 Å². The first kappa shape index (κ1) is 12.5. The predicted octanol–water partition coefficient (Wildman–Crippen LogP) is 2.41. The molecule has 1 N–H and O–H groups in total. The minimum absolute atomic E-state index is 0.0503. The molecule has 1 aromatic heterocycles. The molecule has 1 aromatic rings. The molecule has 0 saturated carbocycles. The zero-order valence-electron chi connectivity index (χ0n) is 7.31. The van der Waals surface area contributed by atoms with Gasteiger partial charge in [-0.25, -0.2) is 9.37 Å². The SMILES string of the molecule is O=C(NCC(Cl)Cl)c1cc(F)cnc1Cl. The third kappa shape index (κ3) is 3.81. The smallest absolute Gasteiger partial charge is 0.254 e. The molecule has 0 unspecified atom stereocenters. The fourth-order valence-corrected chi connectivity index (χ4v) is 1.19. The van der Waals surface area contributed by atoms with Crippen LogP contribution in [0.15, 0.2) is 12.3 Å². The highest BCUT2D eigenvalue weighted by molar-refractivity contribution is 6.44. The van der Waals surface area contributed by atoms with Crippen LogP contribution in [-0.2, 0) is 0 Å². The third-order valence-corrected chi connectivity index (χ3v) is 2.08. The Hall–Kier alpha value is -0.580. The van der Waals surface area contributed by atoms with Crippen molar-refractivity contribution in [2.24, 2.45) is 0 Å². The van der Waals surface area contributed by atoms with Crippen molar-refractivity contribution in [2.45, 2.75) is 4.84 Å². The van der Waals surface area contributed by atoms with Gasteiger partial charge in [0.1, 0.15) is 15.8 Å². The van der Waals surface area contributed by atoms with Crippen molar-refractivity contribution in [2.75, 3.05) is 6.54 Å². The van der Waals surface area contributed by atoms with Crippen LogP contribution in [0.4, 0.5) is 4.39 Å². The van der Waals surface area contributed by atoms with Crippen molar-refractivity contribution in [1.29, 1.82) is 0 Å². The van der Waals surface area contributed by atoms with E-state index in [1.54, 1.807) is 0 Å². The fourth-order valence-electron chi connectivity index (χ4n) is 0.847. The number of carbonyl (C=O) groups is 1. The average molecular weight is 272 g/mol. The fraction of sp³-hybridized carbons (Fsp3) is 0.250. The zero-order valence-corrected chi connectivity index (χ0v) is 9.57. The standard InChI is InChI=1S/C8H6Cl3FN2O/c9-6(10)3-14-8(15)5-1-4(12)2-13-7(5)11/h1-2,6H,3H2,(H,14,15). The van der Waals surface area contributed by atoms with Crippen LogP contribution < -0.4 is 5.32 Å². The number of nitrogens with one attached hydrogen (secondary N) is 1. The molecule has 82 valence electrons. The molecule has 3 nitrogen and oxygen atoms in total. The number of hydrogen-bond acceptors (Lipinski definition) is 2. The van der Waals surface area contributed by atoms with Gasteiger partial charge in [0.15, 0.2) is 0 Å². The summed E-state index contributed by atoms with van der Waals surface area (Å²) in [5, 5.41) is 2.30. The number of aromatic nitrogens is 1. The highest BCUT2D eigenvalue weighted by Gasteiger charge is 2.13. The lowest BCUT2D eigenvalue weighted by Gasteiger charge is -2.06. The summed E-state index contributed by atoms with van der Waals surface area (Å²) in [6, 6.07) is 0.988. The molecule has 0 bridgehead atoms. The Morgan fingerprint density at radius 3 is 2.87 bits per heavy atom. The maximum Gasteiger partial charge on any atom is 0.254 e. The number of rotatable bonds is 3. The topological polar surface area (TPSA) is 42.0 Å². The van der Waals surface area contributed by atoms with Gasteiger partial charge in [0, 0.05) is 6.54 Å². The van der Waals surface area contributed by atoms with Gasteiger partial charge in [-0.3, -0.25) is 4.79 Å². The van der Waals surface area contributed by atoms with Gasteiger partial charge in [0.2, 0.25) is 0 Å². The Morgan fingerprint density at radius 1 is 1.60 bits per heavy atom. The molecule has 1 rings (SSSR count). The first-order valence-corrected chi connectivity index (χ1v) is 5.13. The molecule has 0 aliphatic heterocycles. The molecule has 0 aromatic carbocycles. The number of amides is 1. The Labute approximate surface area is 101 Å². The maximum absolute atomic E-state index is 12.8. The van der Waals surface area contributed by atoms with E-state index in [1.165, 1.54) is 0 Å². The number of nitrogens with zero attached hydrogens (tertiary/aromatic N) is 1. The molecule has 15 heavy (non-hydrogen) atoms. The molecular weight excluding hydrogens is 265 g/mol. The first-order chi connectivity index (χ1) is 7.00. The lowest BCUT2D eigenvalue weighted by Crippen LogP contribution is -2.28. The Kier molecular flexibility index (Phi) is 4.57. The van der Waals surface area contributed by atoms with Crippen molar-refractivity contribution in [3.8, 4) is 0 Å². The van der Waals surface area contributed by atoms with E-state index >= 15 is 0 Å². The zero-order chi connectivity index (χ0) is 11.4. The third-order valence-electron chi connectivity index (χ3n) is 1.47. The second-order valence-corrected chi connectivity index (χ2v) is 4.23. The van der Waals surface area contributed by atoms with Gasteiger partial charge >= 0.3 is 0 Å². The number of carbonyl (C=O) groups excluding carboxylic acids is 1. The van der Waals surface area contributed by atoms with Gasteiger partial charge < -0.3 is 5.32 Å². The molecule has 7 heteroatoms. The molecule has 0 radical (unpaired) electrons. The van der Waals surface area contributed by atoms with Crippen LogP contribution >= 0.6 is 34.8 Å². The lowest BCUT2D eigenvalue weighted by molar-refractivity contribution is 0.0954. The van der Waals surface area contributed by atoms with E-state index in [9.17, 15) is 9.18 Å². The van der Waals surface area contributed by atoms with Crippen molar-refractivity contribution < 1.29 is 9.18 Å². The summed E-state index contributed by atoms with van der Waals surface area (Å²) in [4.78, 5) is 14.2. The Bertz CT molecular complexity index is 373. The van der Waals surface area contributed by atoms with Gasteiger partial charge in [0.25, 0.3) is 5.91 Å². The van der Waals surface area contributed by atoms with E-state index in [2.05, 4.69) is 10.3 Å². The summed E-state index contributed by atoms with van der Waals surface area (Å²) in [7, 11) is 0. The van der Waals surface area contributed by atoms with Crippen molar-refractivity contribution in [3.63, 3.8) is 0 Å². The van der Waals surface area contributed by atoms with Crippen LogP contribution in [0.3, 0.4) is 0 Å². The maximum atomic E-state index is 12.8. The monoisotopic (exact) mass is 270 g/mol. The van der Waals surface area contributed by atoms with E-state index in [1.807, 2.05) is 0 Å². The quantitative estimate of drug-likeness (QED) is 0.677. The summed E-state index contributed by atoms with van der Waals surface area (Å²) in [6.45, 7) is 0.0504. The number of alkyl halides is 2.